The maximum atomic E-state index is 12.1. The fourth-order valence-corrected chi connectivity index (χ4v) is 3.36. The Bertz CT molecular complexity index is 710. The number of allylic oxidation sites excluding steroid dienone is 2. The number of pyridine rings is 1. The van der Waals surface area contributed by atoms with E-state index in [2.05, 4.69) is 32.6 Å². The molecule has 0 aliphatic heterocycles. The number of hydrogen-bond acceptors (Lipinski definition) is 5. The van der Waals surface area contributed by atoms with E-state index in [1.807, 2.05) is 6.07 Å². The number of amides is 1. The van der Waals surface area contributed by atoms with Crippen molar-refractivity contribution in [3.8, 4) is 11.4 Å². The van der Waals surface area contributed by atoms with Crippen LogP contribution in [0.4, 0.5) is 0 Å². The molecular formula is C16H16N4O2. The van der Waals surface area contributed by atoms with E-state index in [0.717, 1.165) is 12.0 Å². The highest BCUT2D eigenvalue weighted by atomic mass is 16.5. The van der Waals surface area contributed by atoms with Gasteiger partial charge in [0, 0.05) is 24.5 Å². The lowest BCUT2D eigenvalue weighted by Gasteiger charge is -2.17. The van der Waals surface area contributed by atoms with Crippen molar-refractivity contribution in [2.24, 2.45) is 17.8 Å². The molecule has 0 unspecified atom stereocenters. The molecule has 6 heteroatoms. The molecule has 1 fully saturated rings. The third-order valence-electron chi connectivity index (χ3n) is 4.48. The summed E-state index contributed by atoms with van der Waals surface area (Å²) in [5.74, 6) is 1.90. The average Bonchev–Trinajstić information content (AvgIpc) is 3.29. The smallest absolute Gasteiger partial charge is 0.316 e. The predicted octanol–water partition coefficient (Wildman–Crippen LogP) is 2.07. The lowest BCUT2D eigenvalue weighted by molar-refractivity contribution is 0.0901. The molecule has 2 aliphatic carbocycles. The highest BCUT2D eigenvalue weighted by Crippen LogP contribution is 2.42. The van der Waals surface area contributed by atoms with E-state index in [4.69, 9.17) is 4.52 Å². The molecule has 1 N–H and O–H groups in total. The molecule has 22 heavy (non-hydrogen) atoms. The molecule has 112 valence electrons. The molecule has 0 radical (unpaired) electrons. The maximum Gasteiger partial charge on any atom is 0.316 e. The summed E-state index contributed by atoms with van der Waals surface area (Å²) in [6, 6.07) is 3.61. The van der Waals surface area contributed by atoms with Gasteiger partial charge >= 0.3 is 11.8 Å². The molecule has 1 amide bonds. The maximum absolute atomic E-state index is 12.1. The number of nitrogens with zero attached hydrogens (tertiary/aromatic N) is 3. The third-order valence-corrected chi connectivity index (χ3v) is 4.48. The second kappa shape index (κ2) is 5.36. The van der Waals surface area contributed by atoms with Crippen molar-refractivity contribution in [1.82, 2.24) is 20.4 Å². The van der Waals surface area contributed by atoms with Crippen molar-refractivity contribution < 1.29 is 9.32 Å². The number of hydrogen-bond donors (Lipinski definition) is 1. The highest BCUT2D eigenvalue weighted by Gasteiger charge is 2.35. The van der Waals surface area contributed by atoms with Gasteiger partial charge in [0.25, 0.3) is 0 Å². The quantitative estimate of drug-likeness (QED) is 0.874. The minimum Gasteiger partial charge on any atom is -0.348 e. The van der Waals surface area contributed by atoms with Gasteiger partial charge in [0.1, 0.15) is 0 Å². The first-order chi connectivity index (χ1) is 10.8. The van der Waals surface area contributed by atoms with Crippen molar-refractivity contribution in [3.05, 3.63) is 42.6 Å². The van der Waals surface area contributed by atoms with Crippen LogP contribution in [0.1, 0.15) is 23.5 Å². The van der Waals surface area contributed by atoms with Crippen LogP contribution in [0.2, 0.25) is 0 Å². The topological polar surface area (TPSA) is 80.9 Å². The molecule has 2 bridgehead atoms. The summed E-state index contributed by atoms with van der Waals surface area (Å²) in [5.41, 5.74) is 0.725. The first-order valence-electron chi connectivity index (χ1n) is 7.50. The molecule has 0 saturated heterocycles. The molecule has 1 saturated carbocycles. The molecule has 2 aliphatic rings. The molecule has 0 aromatic carbocycles. The first-order valence-corrected chi connectivity index (χ1v) is 7.50. The minimum absolute atomic E-state index is 0.00227. The van der Waals surface area contributed by atoms with E-state index in [0.29, 0.717) is 30.1 Å². The standard InChI is InChI=1S/C16H16N4O2/c21-15(18-9-13-7-10-3-4-11(13)6-10)16-19-14(20-22-16)12-2-1-5-17-8-12/h1-5,8,10-11,13H,6-7,9H2,(H,18,21)/t10-,11+,13-/m1/s1. The fourth-order valence-electron chi connectivity index (χ4n) is 3.36. The van der Waals surface area contributed by atoms with Crippen LogP contribution < -0.4 is 5.32 Å². The SMILES string of the molecule is O=C(NC[C@H]1C[C@@H]2C=C[C@H]1C2)c1nc(-c2cccnc2)no1. The van der Waals surface area contributed by atoms with E-state index >= 15 is 0 Å². The van der Waals surface area contributed by atoms with Crippen LogP contribution >= 0.6 is 0 Å². The molecular weight excluding hydrogens is 280 g/mol. The summed E-state index contributed by atoms with van der Waals surface area (Å²) in [6.45, 7) is 0.662. The first kappa shape index (κ1) is 13.2. The van der Waals surface area contributed by atoms with Crippen molar-refractivity contribution in [2.75, 3.05) is 6.54 Å². The zero-order valence-electron chi connectivity index (χ0n) is 12.0. The zero-order valence-corrected chi connectivity index (χ0v) is 12.0. The zero-order chi connectivity index (χ0) is 14.9. The van der Waals surface area contributed by atoms with Gasteiger partial charge in [0.2, 0.25) is 5.82 Å². The van der Waals surface area contributed by atoms with Gasteiger partial charge in [-0.3, -0.25) is 9.78 Å². The Labute approximate surface area is 127 Å². The summed E-state index contributed by atoms with van der Waals surface area (Å²) >= 11 is 0. The average molecular weight is 296 g/mol. The molecule has 0 spiro atoms. The number of rotatable bonds is 4. The lowest BCUT2D eigenvalue weighted by Crippen LogP contribution is -2.31. The summed E-state index contributed by atoms with van der Waals surface area (Å²) < 4.78 is 5.04. The normalized spacial score (nSPS) is 25.5. The number of carbonyl (C=O) groups is 1. The van der Waals surface area contributed by atoms with Crippen molar-refractivity contribution in [1.29, 1.82) is 0 Å². The summed E-state index contributed by atoms with van der Waals surface area (Å²) in [4.78, 5) is 20.2. The van der Waals surface area contributed by atoms with Gasteiger partial charge in [0.15, 0.2) is 0 Å². The van der Waals surface area contributed by atoms with E-state index < -0.39 is 0 Å². The lowest BCUT2D eigenvalue weighted by atomic mass is 9.94. The second-order valence-electron chi connectivity index (χ2n) is 5.92. The van der Waals surface area contributed by atoms with Crippen LogP contribution in [0, 0.1) is 17.8 Å². The number of carbonyl (C=O) groups excluding carboxylic acids is 1. The van der Waals surface area contributed by atoms with Crippen LogP contribution in [0.15, 0.2) is 41.2 Å². The van der Waals surface area contributed by atoms with Crippen LogP contribution in [0.3, 0.4) is 0 Å². The van der Waals surface area contributed by atoms with Gasteiger partial charge in [0.05, 0.1) is 0 Å². The second-order valence-corrected chi connectivity index (χ2v) is 5.92. The summed E-state index contributed by atoms with van der Waals surface area (Å²) in [7, 11) is 0. The Balaban J connectivity index is 1.39. The Kier molecular flexibility index (Phi) is 3.21. The highest BCUT2D eigenvalue weighted by molar-refractivity contribution is 5.89. The van der Waals surface area contributed by atoms with Gasteiger partial charge in [-0.15, -0.1) is 0 Å². The molecule has 4 rings (SSSR count). The molecule has 2 aromatic rings. The Morgan fingerprint density at radius 2 is 2.32 bits per heavy atom. The van der Waals surface area contributed by atoms with E-state index in [9.17, 15) is 4.79 Å². The van der Waals surface area contributed by atoms with E-state index in [-0.39, 0.29) is 11.8 Å². The van der Waals surface area contributed by atoms with Gasteiger partial charge in [-0.2, -0.15) is 4.98 Å². The van der Waals surface area contributed by atoms with E-state index in [1.54, 1.807) is 18.5 Å². The van der Waals surface area contributed by atoms with Crippen molar-refractivity contribution in [3.63, 3.8) is 0 Å². The fraction of sp³-hybridized carbons (Fsp3) is 0.375. The van der Waals surface area contributed by atoms with Crippen LogP contribution in [-0.4, -0.2) is 27.6 Å². The number of fused-ring (bicyclic) bond motifs is 2. The molecule has 3 atom stereocenters. The Hall–Kier alpha value is -2.50. The molecule has 6 nitrogen and oxygen atoms in total. The Morgan fingerprint density at radius 1 is 1.36 bits per heavy atom. The largest absolute Gasteiger partial charge is 0.348 e. The van der Waals surface area contributed by atoms with Crippen LogP contribution in [-0.2, 0) is 0 Å². The number of nitrogens with one attached hydrogen (secondary N) is 1. The van der Waals surface area contributed by atoms with Gasteiger partial charge in [-0.1, -0.05) is 17.3 Å². The van der Waals surface area contributed by atoms with Gasteiger partial charge < -0.3 is 9.84 Å². The van der Waals surface area contributed by atoms with Crippen molar-refractivity contribution in [2.45, 2.75) is 12.8 Å². The predicted molar refractivity (Wildman–Crippen MR) is 78.7 cm³/mol. The third kappa shape index (κ3) is 2.41. The monoisotopic (exact) mass is 296 g/mol. The number of aromatic nitrogens is 3. The van der Waals surface area contributed by atoms with E-state index in [1.165, 1.54) is 6.42 Å². The Morgan fingerprint density at radius 3 is 3.05 bits per heavy atom. The molecule has 2 heterocycles. The van der Waals surface area contributed by atoms with Gasteiger partial charge in [-0.05, 0) is 42.7 Å². The van der Waals surface area contributed by atoms with Crippen LogP contribution in [0.5, 0.6) is 0 Å². The summed E-state index contributed by atoms with van der Waals surface area (Å²) in [5, 5.41) is 6.73. The molecule has 2 aromatic heterocycles. The van der Waals surface area contributed by atoms with Crippen LogP contribution in [0.25, 0.3) is 11.4 Å². The van der Waals surface area contributed by atoms with Gasteiger partial charge in [-0.25, -0.2) is 0 Å². The van der Waals surface area contributed by atoms with Crippen molar-refractivity contribution >= 4 is 5.91 Å². The minimum atomic E-state index is -0.311. The summed E-state index contributed by atoms with van der Waals surface area (Å²) in [6.07, 6.45) is 10.3.